The zero-order valence-corrected chi connectivity index (χ0v) is 10.6. The zero-order chi connectivity index (χ0) is 11.0. The summed E-state index contributed by atoms with van der Waals surface area (Å²) in [5, 5.41) is 0. The molecule has 1 aliphatic rings. The summed E-state index contributed by atoms with van der Waals surface area (Å²) in [6.07, 6.45) is 2.39. The van der Waals surface area contributed by atoms with Gasteiger partial charge in [0.1, 0.15) is 0 Å². The SMILES string of the molecule is Cc1cc(C2C(N)CCCN2C)c(C)s1. The first-order valence-electron chi connectivity index (χ1n) is 5.62. The molecule has 3 heteroatoms. The van der Waals surface area contributed by atoms with Gasteiger partial charge in [0.25, 0.3) is 0 Å². The first-order valence-corrected chi connectivity index (χ1v) is 6.44. The van der Waals surface area contributed by atoms with Gasteiger partial charge in [-0.3, -0.25) is 4.90 Å². The third kappa shape index (κ3) is 2.10. The highest BCUT2D eigenvalue weighted by molar-refractivity contribution is 7.12. The Morgan fingerprint density at radius 3 is 2.73 bits per heavy atom. The van der Waals surface area contributed by atoms with Crippen LogP contribution >= 0.6 is 11.3 Å². The van der Waals surface area contributed by atoms with E-state index < -0.39 is 0 Å². The molecule has 2 rings (SSSR count). The third-order valence-electron chi connectivity index (χ3n) is 3.33. The van der Waals surface area contributed by atoms with Crippen molar-refractivity contribution < 1.29 is 0 Å². The molecular weight excluding hydrogens is 204 g/mol. The topological polar surface area (TPSA) is 29.3 Å². The Balaban J connectivity index is 2.31. The van der Waals surface area contributed by atoms with Gasteiger partial charge in [-0.05, 0) is 51.9 Å². The Morgan fingerprint density at radius 2 is 2.20 bits per heavy atom. The van der Waals surface area contributed by atoms with E-state index in [-0.39, 0.29) is 0 Å². The lowest BCUT2D eigenvalue weighted by Gasteiger charge is -2.37. The van der Waals surface area contributed by atoms with Crippen molar-refractivity contribution in [1.82, 2.24) is 4.90 Å². The summed E-state index contributed by atoms with van der Waals surface area (Å²) in [7, 11) is 2.19. The normalized spacial score (nSPS) is 28.3. The van der Waals surface area contributed by atoms with Crippen LogP contribution in [0.5, 0.6) is 0 Å². The van der Waals surface area contributed by atoms with E-state index in [1.165, 1.54) is 28.3 Å². The number of rotatable bonds is 1. The molecule has 0 amide bonds. The van der Waals surface area contributed by atoms with Crippen molar-refractivity contribution in [3.8, 4) is 0 Å². The summed E-state index contributed by atoms with van der Waals surface area (Å²) in [5.41, 5.74) is 7.69. The summed E-state index contributed by atoms with van der Waals surface area (Å²) in [6.45, 7) is 5.56. The number of nitrogens with zero attached hydrogens (tertiary/aromatic N) is 1. The molecule has 0 bridgehead atoms. The third-order valence-corrected chi connectivity index (χ3v) is 4.31. The molecule has 0 radical (unpaired) electrons. The maximum absolute atomic E-state index is 6.24. The molecule has 2 N–H and O–H groups in total. The van der Waals surface area contributed by atoms with Gasteiger partial charge in [0, 0.05) is 15.8 Å². The largest absolute Gasteiger partial charge is 0.326 e. The molecule has 1 aromatic heterocycles. The zero-order valence-electron chi connectivity index (χ0n) is 9.79. The van der Waals surface area contributed by atoms with E-state index in [1.54, 1.807) is 0 Å². The molecule has 1 aliphatic heterocycles. The van der Waals surface area contributed by atoms with Gasteiger partial charge < -0.3 is 5.73 Å². The van der Waals surface area contributed by atoms with Crippen molar-refractivity contribution in [2.75, 3.05) is 13.6 Å². The minimum atomic E-state index is 0.302. The fraction of sp³-hybridized carbons (Fsp3) is 0.667. The molecule has 2 nitrogen and oxygen atoms in total. The minimum absolute atomic E-state index is 0.302. The van der Waals surface area contributed by atoms with Crippen molar-refractivity contribution in [2.45, 2.75) is 38.8 Å². The number of thiophene rings is 1. The van der Waals surface area contributed by atoms with Gasteiger partial charge >= 0.3 is 0 Å². The second-order valence-electron chi connectivity index (χ2n) is 4.60. The molecule has 84 valence electrons. The molecule has 0 saturated carbocycles. The van der Waals surface area contributed by atoms with Gasteiger partial charge in [0.15, 0.2) is 0 Å². The van der Waals surface area contributed by atoms with Crippen molar-refractivity contribution in [1.29, 1.82) is 0 Å². The Kier molecular flexibility index (Phi) is 3.14. The fourth-order valence-corrected chi connectivity index (χ4v) is 3.58. The average Bonchev–Trinajstić information content (AvgIpc) is 2.45. The van der Waals surface area contributed by atoms with Gasteiger partial charge in [0.2, 0.25) is 0 Å². The van der Waals surface area contributed by atoms with Gasteiger partial charge in [-0.1, -0.05) is 0 Å². The van der Waals surface area contributed by atoms with Crippen molar-refractivity contribution >= 4 is 11.3 Å². The molecule has 15 heavy (non-hydrogen) atoms. The highest BCUT2D eigenvalue weighted by Crippen LogP contribution is 2.34. The number of hydrogen-bond donors (Lipinski definition) is 1. The van der Waals surface area contributed by atoms with Crippen LogP contribution in [-0.2, 0) is 0 Å². The Morgan fingerprint density at radius 1 is 1.47 bits per heavy atom. The molecule has 0 aliphatic carbocycles. The summed E-state index contributed by atoms with van der Waals surface area (Å²) in [6, 6.07) is 3.05. The van der Waals surface area contributed by atoms with Gasteiger partial charge in [-0.2, -0.15) is 0 Å². The van der Waals surface area contributed by atoms with E-state index in [0.29, 0.717) is 12.1 Å². The first kappa shape index (κ1) is 11.1. The van der Waals surface area contributed by atoms with E-state index in [0.717, 1.165) is 6.42 Å². The molecule has 1 aromatic rings. The van der Waals surface area contributed by atoms with E-state index in [9.17, 15) is 0 Å². The van der Waals surface area contributed by atoms with Gasteiger partial charge in [-0.15, -0.1) is 11.3 Å². The van der Waals surface area contributed by atoms with Crippen LogP contribution in [0.15, 0.2) is 6.07 Å². The molecule has 2 heterocycles. The first-order chi connectivity index (χ1) is 7.09. The van der Waals surface area contributed by atoms with Crippen LogP contribution in [-0.4, -0.2) is 24.5 Å². The number of piperidine rings is 1. The van der Waals surface area contributed by atoms with E-state index >= 15 is 0 Å². The molecular formula is C12H20N2S. The summed E-state index contributed by atoms with van der Waals surface area (Å²) < 4.78 is 0. The molecule has 0 aromatic carbocycles. The van der Waals surface area contributed by atoms with Gasteiger partial charge in [-0.25, -0.2) is 0 Å². The predicted octanol–water partition coefficient (Wildman–Crippen LogP) is 2.46. The van der Waals surface area contributed by atoms with Gasteiger partial charge in [0.05, 0.1) is 6.04 Å². The smallest absolute Gasteiger partial charge is 0.0507 e. The maximum Gasteiger partial charge on any atom is 0.0507 e. The van der Waals surface area contributed by atoms with Crippen LogP contribution < -0.4 is 5.73 Å². The Labute approximate surface area is 96.1 Å². The lowest BCUT2D eigenvalue weighted by Crippen LogP contribution is -2.43. The molecule has 1 saturated heterocycles. The van der Waals surface area contributed by atoms with E-state index in [2.05, 4.69) is 31.9 Å². The quantitative estimate of drug-likeness (QED) is 0.794. The summed E-state index contributed by atoms with van der Waals surface area (Å²) >= 11 is 1.88. The number of likely N-dealkylation sites (tertiary alicyclic amines) is 1. The maximum atomic E-state index is 6.24. The Hall–Kier alpha value is -0.380. The minimum Gasteiger partial charge on any atom is -0.326 e. The van der Waals surface area contributed by atoms with Crippen LogP contribution in [0.4, 0.5) is 0 Å². The summed E-state index contributed by atoms with van der Waals surface area (Å²) in [5.74, 6) is 0. The lowest BCUT2D eigenvalue weighted by atomic mass is 9.92. The Bertz CT molecular complexity index is 335. The van der Waals surface area contributed by atoms with Crippen LogP contribution in [0.25, 0.3) is 0 Å². The highest BCUT2D eigenvalue weighted by atomic mass is 32.1. The second-order valence-corrected chi connectivity index (χ2v) is 6.06. The lowest BCUT2D eigenvalue weighted by molar-refractivity contribution is 0.163. The van der Waals surface area contributed by atoms with Crippen molar-refractivity contribution in [2.24, 2.45) is 5.73 Å². The van der Waals surface area contributed by atoms with E-state index in [1.807, 2.05) is 11.3 Å². The fourth-order valence-electron chi connectivity index (χ4n) is 2.61. The summed E-state index contributed by atoms with van der Waals surface area (Å²) in [4.78, 5) is 5.23. The molecule has 2 atom stereocenters. The number of likely N-dealkylation sites (N-methyl/N-ethyl adjacent to an activating group) is 1. The standard InChI is InChI=1S/C12H20N2S/c1-8-7-10(9(2)15-8)12-11(13)5-4-6-14(12)3/h7,11-12H,4-6,13H2,1-3H3. The predicted molar refractivity (Wildman–Crippen MR) is 66.4 cm³/mol. The number of aryl methyl sites for hydroxylation is 2. The van der Waals surface area contributed by atoms with E-state index in [4.69, 9.17) is 5.73 Å². The molecule has 0 spiro atoms. The molecule has 1 fully saturated rings. The molecule has 2 unspecified atom stereocenters. The van der Waals surface area contributed by atoms with Crippen LogP contribution in [0.3, 0.4) is 0 Å². The monoisotopic (exact) mass is 224 g/mol. The van der Waals surface area contributed by atoms with Crippen molar-refractivity contribution in [3.63, 3.8) is 0 Å². The number of nitrogens with two attached hydrogens (primary N) is 1. The number of hydrogen-bond acceptors (Lipinski definition) is 3. The highest BCUT2D eigenvalue weighted by Gasteiger charge is 2.29. The van der Waals surface area contributed by atoms with Crippen LogP contribution in [0.2, 0.25) is 0 Å². The van der Waals surface area contributed by atoms with Crippen LogP contribution in [0.1, 0.15) is 34.2 Å². The van der Waals surface area contributed by atoms with Crippen molar-refractivity contribution in [3.05, 3.63) is 21.4 Å². The van der Waals surface area contributed by atoms with Crippen LogP contribution in [0, 0.1) is 13.8 Å². The average molecular weight is 224 g/mol. The second kappa shape index (κ2) is 4.24.